The molecule has 0 saturated carbocycles. The number of rotatable bonds is 6. The van der Waals surface area contributed by atoms with Crippen LogP contribution in [0.15, 0.2) is 34.9 Å². The quantitative estimate of drug-likeness (QED) is 0.373. The van der Waals surface area contributed by atoms with E-state index in [9.17, 15) is 4.79 Å². The van der Waals surface area contributed by atoms with Crippen LogP contribution in [-0.2, 0) is 4.74 Å². The van der Waals surface area contributed by atoms with Crippen LogP contribution in [0.4, 0.5) is 16.9 Å². The van der Waals surface area contributed by atoms with Crippen molar-refractivity contribution in [1.29, 1.82) is 0 Å². The lowest BCUT2D eigenvalue weighted by molar-refractivity contribution is 0.0606. The number of ether oxygens (including phenoxy) is 1. The highest BCUT2D eigenvalue weighted by molar-refractivity contribution is 7.17. The second-order valence-electron chi connectivity index (χ2n) is 9.38. The molecule has 0 radical (unpaired) electrons. The van der Waals surface area contributed by atoms with Gasteiger partial charge in [0.2, 0.25) is 17.7 Å². The van der Waals surface area contributed by atoms with E-state index in [1.54, 1.807) is 18.4 Å². The monoisotopic (exact) mass is 523 g/mol. The number of carbonyl (C=O) groups excluding carboxylic acids is 1. The van der Waals surface area contributed by atoms with Crippen LogP contribution in [0.5, 0.6) is 0 Å². The van der Waals surface area contributed by atoms with Gasteiger partial charge in [-0.3, -0.25) is 4.90 Å². The zero-order valence-corrected chi connectivity index (χ0v) is 21.4. The van der Waals surface area contributed by atoms with Crippen LogP contribution >= 0.6 is 11.3 Å². The van der Waals surface area contributed by atoms with Gasteiger partial charge < -0.3 is 24.7 Å². The topological polar surface area (TPSA) is 131 Å². The highest BCUT2D eigenvalue weighted by atomic mass is 32.1. The van der Waals surface area contributed by atoms with Gasteiger partial charge in [-0.25, -0.2) is 4.79 Å². The summed E-state index contributed by atoms with van der Waals surface area (Å²) in [6, 6.07) is 7.45. The third-order valence-electron chi connectivity index (χ3n) is 6.94. The molecule has 0 spiro atoms. The predicted molar refractivity (Wildman–Crippen MR) is 140 cm³/mol. The minimum atomic E-state index is -0.274. The Morgan fingerprint density at radius 2 is 2.00 bits per heavy atom. The molecule has 0 unspecified atom stereocenters. The Hall–Kier alpha value is -3.71. The Morgan fingerprint density at radius 1 is 1.14 bits per heavy atom. The highest BCUT2D eigenvalue weighted by Gasteiger charge is 2.27. The molecule has 0 aliphatic carbocycles. The molecule has 2 fully saturated rings. The van der Waals surface area contributed by atoms with Gasteiger partial charge in [-0.05, 0) is 43.0 Å². The van der Waals surface area contributed by atoms with Crippen molar-refractivity contribution < 1.29 is 13.9 Å². The van der Waals surface area contributed by atoms with Crippen molar-refractivity contribution in [1.82, 2.24) is 29.5 Å². The molecule has 4 aromatic heterocycles. The number of fused-ring (bicyclic) bond motifs is 1. The molecule has 4 aromatic rings. The number of esters is 1. The second kappa shape index (κ2) is 9.98. The minimum absolute atomic E-state index is 0.257. The summed E-state index contributed by atoms with van der Waals surface area (Å²) in [6.07, 6.45) is 3.84. The zero-order valence-electron chi connectivity index (χ0n) is 20.6. The number of methoxy groups -OCH3 is 1. The van der Waals surface area contributed by atoms with Crippen LogP contribution < -0.4 is 15.5 Å². The summed E-state index contributed by atoms with van der Waals surface area (Å²) < 4.78 is 11.7. The van der Waals surface area contributed by atoms with Crippen LogP contribution in [0.3, 0.4) is 0 Å². The molecule has 1 atom stereocenters. The first-order chi connectivity index (χ1) is 18.1. The lowest BCUT2D eigenvalue weighted by Gasteiger charge is -2.39. The van der Waals surface area contributed by atoms with Gasteiger partial charge in [0.05, 0.1) is 18.4 Å². The third-order valence-corrected chi connectivity index (χ3v) is 8.07. The van der Waals surface area contributed by atoms with E-state index in [2.05, 4.69) is 34.8 Å². The Balaban J connectivity index is 1.08. The summed E-state index contributed by atoms with van der Waals surface area (Å²) >= 11 is 1.49. The molecular weight excluding hydrogens is 494 g/mol. The van der Waals surface area contributed by atoms with Crippen molar-refractivity contribution in [3.63, 3.8) is 0 Å². The zero-order chi connectivity index (χ0) is 25.4. The van der Waals surface area contributed by atoms with E-state index >= 15 is 0 Å². The van der Waals surface area contributed by atoms with Gasteiger partial charge in [0, 0.05) is 45.8 Å². The molecule has 0 aromatic carbocycles. The first kappa shape index (κ1) is 23.7. The Bertz CT molecular complexity index is 1380. The molecule has 2 aliphatic rings. The third kappa shape index (κ3) is 4.83. The lowest BCUT2D eigenvalue weighted by Crippen LogP contribution is -2.49. The first-order valence-electron chi connectivity index (χ1n) is 12.4. The van der Waals surface area contributed by atoms with Crippen LogP contribution in [-0.4, -0.2) is 88.4 Å². The molecule has 2 saturated heterocycles. The maximum absolute atomic E-state index is 11.8. The van der Waals surface area contributed by atoms with Gasteiger partial charge in [-0.2, -0.15) is 19.5 Å². The number of furan rings is 1. The van der Waals surface area contributed by atoms with Gasteiger partial charge in [-0.15, -0.1) is 16.4 Å². The van der Waals surface area contributed by atoms with Crippen molar-refractivity contribution in [3.05, 3.63) is 35.4 Å². The number of anilines is 3. The molecule has 2 N–H and O–H groups in total. The summed E-state index contributed by atoms with van der Waals surface area (Å²) in [5.41, 5.74) is 6.22. The van der Waals surface area contributed by atoms with Crippen LogP contribution in [0.2, 0.25) is 0 Å². The van der Waals surface area contributed by atoms with E-state index in [4.69, 9.17) is 14.9 Å². The maximum Gasteiger partial charge on any atom is 0.348 e. The number of hydrogen-bond donors (Lipinski definition) is 1. The summed E-state index contributed by atoms with van der Waals surface area (Å²) in [7, 11) is 1.42. The van der Waals surface area contributed by atoms with Gasteiger partial charge in [0.1, 0.15) is 4.88 Å². The highest BCUT2D eigenvalue weighted by Crippen LogP contribution is 2.28. The molecule has 0 amide bonds. The second-order valence-corrected chi connectivity index (χ2v) is 10.4. The van der Waals surface area contributed by atoms with Crippen molar-refractivity contribution >= 4 is 40.0 Å². The maximum atomic E-state index is 11.8. The SMILES string of the molecule is COC(=O)c1ccc(N2CCN(C[C@@H]3CCCN(c4nc(N)n5nc(-c6ccco6)nc5n4)C3)CC2)s1. The number of thiophene rings is 1. The van der Waals surface area contributed by atoms with Gasteiger partial charge in [0.15, 0.2) is 5.76 Å². The molecule has 0 bridgehead atoms. The fourth-order valence-corrected chi connectivity index (χ4v) is 6.04. The summed E-state index contributed by atoms with van der Waals surface area (Å²) in [5.74, 6) is 2.50. The summed E-state index contributed by atoms with van der Waals surface area (Å²) in [6.45, 7) is 6.67. The number of piperidine rings is 1. The average molecular weight is 524 g/mol. The van der Waals surface area contributed by atoms with E-state index in [1.807, 2.05) is 12.1 Å². The average Bonchev–Trinajstić information content (AvgIpc) is 3.70. The number of piperazine rings is 1. The fourth-order valence-electron chi connectivity index (χ4n) is 5.07. The van der Waals surface area contributed by atoms with Crippen LogP contribution in [0.1, 0.15) is 22.5 Å². The smallest absolute Gasteiger partial charge is 0.348 e. The predicted octanol–water partition coefficient (Wildman–Crippen LogP) is 2.25. The van der Waals surface area contributed by atoms with Crippen molar-refractivity contribution in [2.24, 2.45) is 5.92 Å². The number of hydrogen-bond acceptors (Lipinski definition) is 12. The standard InChI is InChI=1S/C24H29N9O3S/c1-35-21(34)18-6-7-19(37-18)31-11-9-30(10-12-31)14-16-4-2-8-32(15-16)23-27-22(25)33-24(28-23)26-20(29-33)17-5-3-13-36-17/h3,5-7,13,16H,2,4,8-12,14-15H2,1H3,(H2,25,26,27,28,29)/t16-/m0/s1. The molecule has 6 rings (SSSR count). The number of carbonyl (C=O) groups is 1. The number of aromatic nitrogens is 5. The van der Waals surface area contributed by atoms with E-state index in [0.29, 0.717) is 34.1 Å². The Morgan fingerprint density at radius 3 is 2.78 bits per heavy atom. The number of nitrogens with two attached hydrogens (primary N) is 1. The molecule has 13 heteroatoms. The number of nitrogen functional groups attached to an aromatic ring is 1. The summed E-state index contributed by atoms with van der Waals surface area (Å²) in [5, 5.41) is 5.51. The molecule has 37 heavy (non-hydrogen) atoms. The van der Waals surface area contributed by atoms with Gasteiger partial charge in [0.25, 0.3) is 5.78 Å². The Labute approximate surface area is 217 Å². The van der Waals surface area contributed by atoms with Gasteiger partial charge >= 0.3 is 5.97 Å². The van der Waals surface area contributed by atoms with Crippen molar-refractivity contribution in [3.8, 4) is 11.6 Å². The molecule has 2 aliphatic heterocycles. The van der Waals surface area contributed by atoms with Crippen LogP contribution in [0, 0.1) is 5.92 Å². The fraction of sp³-hybridized carbons (Fsp3) is 0.458. The normalized spacial score (nSPS) is 19.0. The largest absolute Gasteiger partial charge is 0.465 e. The molecule has 12 nitrogen and oxygen atoms in total. The van der Waals surface area contributed by atoms with Crippen molar-refractivity contribution in [2.75, 3.05) is 68.5 Å². The van der Waals surface area contributed by atoms with Crippen molar-refractivity contribution in [2.45, 2.75) is 12.8 Å². The van der Waals surface area contributed by atoms with E-state index in [-0.39, 0.29) is 11.9 Å². The molecular formula is C24H29N9O3S. The molecule has 6 heterocycles. The van der Waals surface area contributed by atoms with E-state index in [0.717, 1.165) is 57.2 Å². The van der Waals surface area contributed by atoms with E-state index < -0.39 is 0 Å². The number of nitrogens with zero attached hydrogens (tertiary/aromatic N) is 8. The molecule has 194 valence electrons. The van der Waals surface area contributed by atoms with E-state index in [1.165, 1.54) is 29.4 Å². The minimum Gasteiger partial charge on any atom is -0.465 e. The summed E-state index contributed by atoms with van der Waals surface area (Å²) in [4.78, 5) is 33.2. The lowest BCUT2D eigenvalue weighted by atomic mass is 9.97. The first-order valence-corrected chi connectivity index (χ1v) is 13.2. The van der Waals surface area contributed by atoms with Crippen LogP contribution in [0.25, 0.3) is 17.4 Å². The van der Waals surface area contributed by atoms with Gasteiger partial charge in [-0.1, -0.05) is 0 Å². The Kier molecular flexibility index (Phi) is 6.38.